The highest BCUT2D eigenvalue weighted by Crippen LogP contribution is 2.31. The normalized spacial score (nSPS) is 21.9. The number of methoxy groups -OCH3 is 1. The van der Waals surface area contributed by atoms with E-state index in [-0.39, 0.29) is 41.7 Å². The first-order valence-electron chi connectivity index (χ1n) is 9.15. The number of halogens is 1. The minimum Gasteiger partial charge on any atom is -0.495 e. The molecule has 2 heterocycles. The topological polar surface area (TPSA) is 84.9 Å². The van der Waals surface area contributed by atoms with E-state index < -0.39 is 10.0 Å². The van der Waals surface area contributed by atoms with Crippen molar-refractivity contribution in [1.82, 2.24) is 9.62 Å². The number of carbonyl (C=O) groups is 1. The first-order valence-corrected chi connectivity index (χ1v) is 11.0. The third kappa shape index (κ3) is 4.74. The molecule has 0 spiro atoms. The van der Waals surface area contributed by atoms with Crippen LogP contribution in [0.25, 0.3) is 0 Å². The van der Waals surface area contributed by atoms with Crippen molar-refractivity contribution in [3.63, 3.8) is 0 Å². The summed E-state index contributed by atoms with van der Waals surface area (Å²) in [4.78, 5) is 12.4. The predicted octanol–water partition coefficient (Wildman–Crippen LogP) is 2.04. The SMILES string of the molecule is COc1ccc(Cl)cc1S(=O)(=O)N1CCC(C(=O)NC[C@@H]2CCCO2)CC1. The van der Waals surface area contributed by atoms with Gasteiger partial charge in [0.25, 0.3) is 0 Å². The molecule has 1 N–H and O–H groups in total. The number of carbonyl (C=O) groups excluding carboxylic acids is 1. The van der Waals surface area contributed by atoms with E-state index in [1.807, 2.05) is 0 Å². The van der Waals surface area contributed by atoms with E-state index in [1.165, 1.54) is 17.5 Å². The molecule has 0 radical (unpaired) electrons. The molecule has 1 atom stereocenters. The summed E-state index contributed by atoms with van der Waals surface area (Å²) in [6.07, 6.45) is 3.07. The van der Waals surface area contributed by atoms with E-state index >= 15 is 0 Å². The highest BCUT2D eigenvalue weighted by atomic mass is 35.5. The summed E-state index contributed by atoms with van der Waals surface area (Å²) in [5.41, 5.74) is 0. The van der Waals surface area contributed by atoms with Gasteiger partial charge in [-0.15, -0.1) is 0 Å². The lowest BCUT2D eigenvalue weighted by Crippen LogP contribution is -2.44. The largest absolute Gasteiger partial charge is 0.495 e. The number of rotatable bonds is 6. The molecule has 1 aromatic carbocycles. The summed E-state index contributed by atoms with van der Waals surface area (Å²) in [6.45, 7) is 1.85. The second-order valence-electron chi connectivity index (χ2n) is 6.85. The highest BCUT2D eigenvalue weighted by molar-refractivity contribution is 7.89. The van der Waals surface area contributed by atoms with Crippen LogP contribution < -0.4 is 10.1 Å². The Morgan fingerprint density at radius 1 is 1.33 bits per heavy atom. The van der Waals surface area contributed by atoms with Crippen LogP contribution in [0, 0.1) is 5.92 Å². The van der Waals surface area contributed by atoms with Crippen LogP contribution in [-0.2, 0) is 19.6 Å². The van der Waals surface area contributed by atoms with Crippen LogP contribution in [-0.4, -0.2) is 58.1 Å². The molecule has 0 unspecified atom stereocenters. The molecule has 0 bridgehead atoms. The number of nitrogens with zero attached hydrogens (tertiary/aromatic N) is 1. The minimum atomic E-state index is -3.73. The second-order valence-corrected chi connectivity index (χ2v) is 9.20. The van der Waals surface area contributed by atoms with Crippen LogP contribution in [0.4, 0.5) is 0 Å². The Hall–Kier alpha value is -1.35. The molecule has 150 valence electrons. The Kier molecular flexibility index (Phi) is 6.62. The van der Waals surface area contributed by atoms with Crippen LogP contribution in [0.3, 0.4) is 0 Å². The van der Waals surface area contributed by atoms with Crippen molar-refractivity contribution in [3.05, 3.63) is 23.2 Å². The molecule has 3 rings (SSSR count). The van der Waals surface area contributed by atoms with E-state index in [0.717, 1.165) is 19.4 Å². The number of ether oxygens (including phenoxy) is 2. The number of hydrogen-bond acceptors (Lipinski definition) is 5. The van der Waals surface area contributed by atoms with Crippen molar-refractivity contribution in [2.75, 3.05) is 33.4 Å². The summed E-state index contributed by atoms with van der Waals surface area (Å²) in [7, 11) is -2.31. The van der Waals surface area contributed by atoms with Crippen LogP contribution in [0.5, 0.6) is 5.75 Å². The first kappa shape index (κ1) is 20.4. The average molecular weight is 417 g/mol. The predicted molar refractivity (Wildman–Crippen MR) is 101 cm³/mol. The molecule has 7 nitrogen and oxygen atoms in total. The molecule has 0 aromatic heterocycles. The zero-order chi connectivity index (χ0) is 19.4. The molecule has 2 saturated heterocycles. The van der Waals surface area contributed by atoms with Gasteiger partial charge in [0, 0.05) is 37.2 Å². The molecular weight excluding hydrogens is 392 g/mol. The van der Waals surface area contributed by atoms with Crippen LogP contribution in [0.1, 0.15) is 25.7 Å². The average Bonchev–Trinajstić information content (AvgIpc) is 3.20. The summed E-state index contributed by atoms with van der Waals surface area (Å²) in [6, 6.07) is 4.53. The monoisotopic (exact) mass is 416 g/mol. The van der Waals surface area contributed by atoms with Crippen molar-refractivity contribution < 1.29 is 22.7 Å². The molecular formula is C18H25ClN2O5S. The molecule has 2 fully saturated rings. The maximum Gasteiger partial charge on any atom is 0.246 e. The van der Waals surface area contributed by atoms with Gasteiger partial charge in [-0.1, -0.05) is 11.6 Å². The smallest absolute Gasteiger partial charge is 0.246 e. The molecule has 2 aliphatic heterocycles. The van der Waals surface area contributed by atoms with Crippen molar-refractivity contribution in [2.24, 2.45) is 5.92 Å². The molecule has 9 heteroatoms. The van der Waals surface area contributed by atoms with E-state index in [4.69, 9.17) is 21.1 Å². The zero-order valence-corrected chi connectivity index (χ0v) is 16.9. The lowest BCUT2D eigenvalue weighted by atomic mass is 9.97. The molecule has 27 heavy (non-hydrogen) atoms. The molecule has 1 amide bonds. The lowest BCUT2D eigenvalue weighted by Gasteiger charge is -2.31. The Balaban J connectivity index is 1.59. The fourth-order valence-corrected chi connectivity index (χ4v) is 5.40. The Labute approximate surface area is 165 Å². The summed E-state index contributed by atoms with van der Waals surface area (Å²) < 4.78 is 38.0. The maximum atomic E-state index is 13.0. The van der Waals surface area contributed by atoms with Crippen molar-refractivity contribution in [3.8, 4) is 5.75 Å². The van der Waals surface area contributed by atoms with E-state index in [9.17, 15) is 13.2 Å². The first-order chi connectivity index (χ1) is 12.9. The van der Waals surface area contributed by atoms with Gasteiger partial charge in [0.05, 0.1) is 13.2 Å². The van der Waals surface area contributed by atoms with Crippen molar-refractivity contribution in [2.45, 2.75) is 36.7 Å². The number of piperidine rings is 1. The van der Waals surface area contributed by atoms with E-state index in [2.05, 4.69) is 5.32 Å². The van der Waals surface area contributed by atoms with Gasteiger partial charge in [0.2, 0.25) is 15.9 Å². The molecule has 0 aliphatic carbocycles. The molecule has 0 saturated carbocycles. The quantitative estimate of drug-likeness (QED) is 0.767. The van der Waals surface area contributed by atoms with E-state index in [1.54, 1.807) is 12.1 Å². The number of amides is 1. The van der Waals surface area contributed by atoms with E-state index in [0.29, 0.717) is 24.4 Å². The van der Waals surface area contributed by atoms with Gasteiger partial charge in [0.15, 0.2) is 0 Å². The third-order valence-electron chi connectivity index (χ3n) is 5.10. The third-order valence-corrected chi connectivity index (χ3v) is 7.25. The van der Waals surface area contributed by atoms with Gasteiger partial charge in [-0.3, -0.25) is 4.79 Å². The number of hydrogen-bond donors (Lipinski definition) is 1. The molecule has 1 aromatic rings. The summed E-state index contributed by atoms with van der Waals surface area (Å²) in [5, 5.41) is 3.27. The van der Waals surface area contributed by atoms with Gasteiger partial charge in [-0.05, 0) is 43.9 Å². The number of benzene rings is 1. The fourth-order valence-electron chi connectivity index (χ4n) is 3.51. The van der Waals surface area contributed by atoms with Crippen molar-refractivity contribution in [1.29, 1.82) is 0 Å². The van der Waals surface area contributed by atoms with Gasteiger partial charge in [-0.2, -0.15) is 4.31 Å². The fraction of sp³-hybridized carbons (Fsp3) is 0.611. The summed E-state index contributed by atoms with van der Waals surface area (Å²) >= 11 is 5.97. The Morgan fingerprint density at radius 2 is 2.07 bits per heavy atom. The van der Waals surface area contributed by atoms with Crippen LogP contribution >= 0.6 is 11.6 Å². The number of sulfonamides is 1. The second kappa shape index (κ2) is 8.77. The van der Waals surface area contributed by atoms with Crippen LogP contribution in [0.15, 0.2) is 23.1 Å². The van der Waals surface area contributed by atoms with Gasteiger partial charge in [0.1, 0.15) is 10.6 Å². The zero-order valence-electron chi connectivity index (χ0n) is 15.3. The van der Waals surface area contributed by atoms with Gasteiger partial charge < -0.3 is 14.8 Å². The van der Waals surface area contributed by atoms with Crippen molar-refractivity contribution >= 4 is 27.5 Å². The Bertz CT molecular complexity index is 772. The highest BCUT2D eigenvalue weighted by Gasteiger charge is 2.34. The summed E-state index contributed by atoms with van der Waals surface area (Å²) in [5.74, 6) is 0.0535. The molecule has 2 aliphatic rings. The number of nitrogens with one attached hydrogen (secondary N) is 1. The standard InChI is InChI=1S/C18H25ClN2O5S/c1-25-16-5-4-14(19)11-17(16)27(23,24)21-8-6-13(7-9-21)18(22)20-12-15-3-2-10-26-15/h4-5,11,13,15H,2-3,6-10,12H2,1H3,(H,20,22)/t15-/m0/s1. The lowest BCUT2D eigenvalue weighted by molar-refractivity contribution is -0.126. The maximum absolute atomic E-state index is 13.0. The van der Waals surface area contributed by atoms with Gasteiger partial charge in [-0.25, -0.2) is 8.42 Å². The van der Waals surface area contributed by atoms with Gasteiger partial charge >= 0.3 is 0 Å². The Morgan fingerprint density at radius 3 is 2.70 bits per heavy atom. The van der Waals surface area contributed by atoms with Crippen LogP contribution in [0.2, 0.25) is 5.02 Å². The minimum absolute atomic E-state index is 0.0251.